The van der Waals surface area contributed by atoms with Crippen molar-refractivity contribution in [1.82, 2.24) is 0 Å². The number of carbonyl (C=O) groups is 1. The Morgan fingerprint density at radius 1 is 1.55 bits per heavy atom. The van der Waals surface area contributed by atoms with Crippen LogP contribution < -0.4 is 0 Å². The quantitative estimate of drug-likeness (QED) is 0.530. The topological polar surface area (TPSA) is 47.9 Å². The van der Waals surface area contributed by atoms with Crippen molar-refractivity contribution in [1.29, 1.82) is 0 Å². The summed E-state index contributed by atoms with van der Waals surface area (Å²) in [7, 11) is 1.44. The van der Waals surface area contributed by atoms with Gasteiger partial charge in [0.05, 0.1) is 25.7 Å². The molecule has 1 rings (SSSR count). The Bertz CT molecular complexity index is 339. The van der Waals surface area contributed by atoms with Gasteiger partial charge in [-0.1, -0.05) is 12.5 Å². The van der Waals surface area contributed by atoms with Crippen molar-refractivity contribution in [3.63, 3.8) is 0 Å². The Morgan fingerprint density at radius 3 is 3.00 bits per heavy atom. The lowest BCUT2D eigenvalue weighted by Crippen LogP contribution is -2.18. The highest BCUT2D eigenvalue weighted by atomic mass is 16.5. The Balaban J connectivity index is 2.53. The van der Waals surface area contributed by atoms with Gasteiger partial charge < -0.3 is 9.47 Å². The molecule has 4 heteroatoms. The predicted octanol–water partition coefficient (Wildman–Crippen LogP) is 3.51. The lowest BCUT2D eigenvalue weighted by Gasteiger charge is -2.16. The number of esters is 1. The summed E-state index contributed by atoms with van der Waals surface area (Å²) in [4.78, 5) is 16.4. The van der Waals surface area contributed by atoms with Gasteiger partial charge >= 0.3 is 5.97 Å². The minimum atomic E-state index is -0.146. The molecule has 0 aromatic rings. The molecule has 0 spiro atoms. The molecule has 20 heavy (non-hydrogen) atoms. The van der Waals surface area contributed by atoms with Gasteiger partial charge in [0.15, 0.2) is 5.90 Å². The van der Waals surface area contributed by atoms with Gasteiger partial charge in [0.2, 0.25) is 0 Å². The van der Waals surface area contributed by atoms with Gasteiger partial charge in [0.25, 0.3) is 0 Å². The molecular formula is C16H27NO3. The highest BCUT2D eigenvalue weighted by Crippen LogP contribution is 2.22. The Labute approximate surface area is 122 Å². The van der Waals surface area contributed by atoms with E-state index in [2.05, 4.69) is 6.58 Å². The fourth-order valence-corrected chi connectivity index (χ4v) is 2.57. The summed E-state index contributed by atoms with van der Waals surface area (Å²) in [6, 6.07) is 0.274. The monoisotopic (exact) mass is 281 g/mol. The Kier molecular flexibility index (Phi) is 8.00. The summed E-state index contributed by atoms with van der Waals surface area (Å²) < 4.78 is 10.4. The van der Waals surface area contributed by atoms with Crippen LogP contribution in [-0.2, 0) is 14.3 Å². The maximum Gasteiger partial charge on any atom is 0.308 e. The van der Waals surface area contributed by atoms with Crippen molar-refractivity contribution in [3.05, 3.63) is 12.7 Å². The number of aliphatic imine (C=N–C) groups is 1. The van der Waals surface area contributed by atoms with Gasteiger partial charge in [-0.05, 0) is 39.0 Å². The van der Waals surface area contributed by atoms with E-state index in [-0.39, 0.29) is 17.9 Å². The largest absolute Gasteiger partial charge is 0.481 e. The molecule has 1 heterocycles. The van der Waals surface area contributed by atoms with Crippen molar-refractivity contribution in [2.75, 3.05) is 13.7 Å². The van der Waals surface area contributed by atoms with Crippen LogP contribution >= 0.6 is 0 Å². The minimum absolute atomic E-state index is 0.0912. The molecule has 2 unspecified atom stereocenters. The normalized spacial score (nSPS) is 20.5. The number of hydrogen-bond acceptors (Lipinski definition) is 4. The van der Waals surface area contributed by atoms with Crippen LogP contribution in [0.4, 0.5) is 0 Å². The van der Waals surface area contributed by atoms with Crippen LogP contribution in [0.15, 0.2) is 17.6 Å². The number of ether oxygens (including phenoxy) is 2. The van der Waals surface area contributed by atoms with E-state index in [1.54, 1.807) is 6.08 Å². The first kappa shape index (κ1) is 16.7. The number of hydrogen-bond donors (Lipinski definition) is 0. The summed E-state index contributed by atoms with van der Waals surface area (Å²) in [5.74, 6) is 0.646. The maximum atomic E-state index is 11.7. The van der Waals surface area contributed by atoms with Gasteiger partial charge in [-0.25, -0.2) is 0 Å². The third kappa shape index (κ3) is 5.76. The van der Waals surface area contributed by atoms with E-state index in [0.29, 0.717) is 13.0 Å². The average molecular weight is 281 g/mol. The van der Waals surface area contributed by atoms with Crippen LogP contribution in [-0.4, -0.2) is 31.6 Å². The first-order valence-electron chi connectivity index (χ1n) is 7.59. The number of allylic oxidation sites excluding steroid dienone is 1. The Morgan fingerprint density at radius 2 is 2.35 bits per heavy atom. The summed E-state index contributed by atoms with van der Waals surface area (Å²) in [5.41, 5.74) is 0. The van der Waals surface area contributed by atoms with Crippen molar-refractivity contribution >= 4 is 11.9 Å². The van der Waals surface area contributed by atoms with E-state index in [9.17, 15) is 4.79 Å². The zero-order valence-corrected chi connectivity index (χ0v) is 12.8. The van der Waals surface area contributed by atoms with Gasteiger partial charge in [-0.2, -0.15) is 0 Å². The zero-order chi connectivity index (χ0) is 14.8. The molecule has 0 aliphatic carbocycles. The SMILES string of the molecule is C=CCC(CCC1CCCCC(OCC)=N1)C(=O)OC. The van der Waals surface area contributed by atoms with Crippen LogP contribution in [0.2, 0.25) is 0 Å². The molecule has 0 saturated carbocycles. The van der Waals surface area contributed by atoms with E-state index < -0.39 is 0 Å². The molecule has 0 saturated heterocycles. The second-order valence-corrected chi connectivity index (χ2v) is 5.18. The van der Waals surface area contributed by atoms with Gasteiger partial charge in [0, 0.05) is 6.42 Å². The fraction of sp³-hybridized carbons (Fsp3) is 0.750. The highest BCUT2D eigenvalue weighted by Gasteiger charge is 2.21. The van der Waals surface area contributed by atoms with Crippen molar-refractivity contribution in [2.45, 2.75) is 57.9 Å². The molecule has 4 nitrogen and oxygen atoms in total. The number of carbonyl (C=O) groups excluding carboxylic acids is 1. The van der Waals surface area contributed by atoms with Crippen LogP contribution in [0.5, 0.6) is 0 Å². The smallest absolute Gasteiger partial charge is 0.308 e. The Hall–Kier alpha value is -1.32. The molecule has 2 atom stereocenters. The first-order valence-corrected chi connectivity index (χ1v) is 7.59. The summed E-state index contributed by atoms with van der Waals surface area (Å²) >= 11 is 0. The van der Waals surface area contributed by atoms with Crippen molar-refractivity contribution in [3.8, 4) is 0 Å². The molecule has 0 N–H and O–H groups in total. The molecular weight excluding hydrogens is 254 g/mol. The highest BCUT2D eigenvalue weighted by molar-refractivity contribution is 5.76. The van der Waals surface area contributed by atoms with Gasteiger partial charge in [0.1, 0.15) is 0 Å². The van der Waals surface area contributed by atoms with Crippen LogP contribution in [0.3, 0.4) is 0 Å². The minimum Gasteiger partial charge on any atom is -0.481 e. The molecule has 0 fully saturated rings. The molecule has 114 valence electrons. The van der Waals surface area contributed by atoms with Gasteiger partial charge in [-0.3, -0.25) is 9.79 Å². The second-order valence-electron chi connectivity index (χ2n) is 5.18. The van der Waals surface area contributed by atoms with E-state index in [1.165, 1.54) is 13.5 Å². The summed E-state index contributed by atoms with van der Waals surface area (Å²) in [6.07, 6.45) is 8.49. The average Bonchev–Trinajstić information content (AvgIpc) is 2.68. The number of rotatable bonds is 7. The van der Waals surface area contributed by atoms with E-state index in [4.69, 9.17) is 14.5 Å². The first-order chi connectivity index (χ1) is 9.71. The fourth-order valence-electron chi connectivity index (χ4n) is 2.57. The van der Waals surface area contributed by atoms with Gasteiger partial charge in [-0.15, -0.1) is 6.58 Å². The molecule has 0 radical (unpaired) electrons. The third-order valence-electron chi connectivity index (χ3n) is 3.65. The van der Waals surface area contributed by atoms with Crippen LogP contribution in [0.1, 0.15) is 51.9 Å². The second kappa shape index (κ2) is 9.56. The van der Waals surface area contributed by atoms with E-state index in [1.807, 2.05) is 6.92 Å². The molecule has 1 aliphatic rings. The predicted molar refractivity (Wildman–Crippen MR) is 80.9 cm³/mol. The maximum absolute atomic E-state index is 11.7. The molecule has 0 amide bonds. The number of nitrogens with zero attached hydrogens (tertiary/aromatic N) is 1. The number of methoxy groups -OCH3 is 1. The molecule has 1 aliphatic heterocycles. The van der Waals surface area contributed by atoms with Crippen LogP contribution in [0.25, 0.3) is 0 Å². The lowest BCUT2D eigenvalue weighted by atomic mass is 9.95. The van der Waals surface area contributed by atoms with Crippen molar-refractivity contribution < 1.29 is 14.3 Å². The van der Waals surface area contributed by atoms with E-state index >= 15 is 0 Å². The third-order valence-corrected chi connectivity index (χ3v) is 3.65. The summed E-state index contributed by atoms with van der Waals surface area (Å²) in [6.45, 7) is 6.37. The van der Waals surface area contributed by atoms with Crippen molar-refractivity contribution in [2.24, 2.45) is 10.9 Å². The molecule has 0 aromatic carbocycles. The summed E-state index contributed by atoms with van der Waals surface area (Å²) in [5, 5.41) is 0. The molecule has 0 bridgehead atoms. The van der Waals surface area contributed by atoms with E-state index in [0.717, 1.165) is 38.0 Å². The standard InChI is InChI=1S/C16H27NO3/c1-4-8-13(16(18)19-3)11-12-14-9-6-7-10-15(17-14)20-5-2/h4,13-14H,1,5-12H2,2-3H3. The molecule has 0 aromatic heterocycles. The zero-order valence-electron chi connectivity index (χ0n) is 12.8. The van der Waals surface area contributed by atoms with Crippen LogP contribution in [0, 0.1) is 5.92 Å². The lowest BCUT2D eigenvalue weighted by molar-refractivity contribution is -0.145.